The van der Waals surface area contributed by atoms with Crippen molar-refractivity contribution < 1.29 is 19.4 Å². The van der Waals surface area contributed by atoms with E-state index >= 15 is 0 Å². The molecule has 70 valence electrons. The van der Waals surface area contributed by atoms with Crippen molar-refractivity contribution in [1.29, 1.82) is 0 Å². The lowest BCUT2D eigenvalue weighted by Crippen LogP contribution is -2.35. The molecule has 0 bridgehead atoms. The van der Waals surface area contributed by atoms with Gasteiger partial charge in [-0.25, -0.2) is 0 Å². The van der Waals surface area contributed by atoms with Crippen LogP contribution < -0.4 is 0 Å². The number of ether oxygens (including phenoxy) is 1. The summed E-state index contributed by atoms with van der Waals surface area (Å²) in [6.45, 7) is 3.81. The highest BCUT2D eigenvalue weighted by molar-refractivity contribution is 5.82. The maximum absolute atomic E-state index is 11.0. The predicted molar refractivity (Wildman–Crippen MR) is 42.5 cm³/mol. The lowest BCUT2D eigenvalue weighted by molar-refractivity contribution is -0.148. The van der Waals surface area contributed by atoms with Crippen molar-refractivity contribution in [2.24, 2.45) is 5.41 Å². The molecule has 12 heavy (non-hydrogen) atoms. The van der Waals surface area contributed by atoms with Gasteiger partial charge in [0.25, 0.3) is 0 Å². The second-order valence-corrected chi connectivity index (χ2v) is 3.06. The van der Waals surface area contributed by atoms with Crippen molar-refractivity contribution in [2.75, 3.05) is 13.2 Å². The van der Waals surface area contributed by atoms with E-state index in [0.29, 0.717) is 0 Å². The molecule has 1 atom stereocenters. The highest BCUT2D eigenvalue weighted by Gasteiger charge is 2.30. The molecule has 0 radical (unpaired) electrons. The van der Waals surface area contributed by atoms with Crippen LogP contribution in [-0.2, 0) is 14.3 Å². The molecule has 4 heteroatoms. The number of hydrogen-bond donors (Lipinski definition) is 1. The molecule has 1 N–H and O–H groups in total. The Kier molecular flexibility index (Phi) is 3.89. The van der Waals surface area contributed by atoms with Gasteiger partial charge in [0.15, 0.2) is 0 Å². The molecule has 1 unspecified atom stereocenters. The second kappa shape index (κ2) is 4.21. The van der Waals surface area contributed by atoms with Crippen LogP contribution in [0.15, 0.2) is 0 Å². The minimum Gasteiger partial charge on any atom is -0.465 e. The molecule has 0 rings (SSSR count). The summed E-state index contributed by atoms with van der Waals surface area (Å²) in [5.74, 6) is -0.637. The molecule has 0 aliphatic carbocycles. The number of carbonyl (C=O) groups is 2. The third kappa shape index (κ3) is 3.00. The number of rotatable bonds is 4. The zero-order valence-corrected chi connectivity index (χ0v) is 7.59. The first-order valence-corrected chi connectivity index (χ1v) is 3.67. The van der Waals surface area contributed by atoms with Gasteiger partial charge in [-0.1, -0.05) is 0 Å². The lowest BCUT2D eigenvalue weighted by atomic mass is 9.88. The summed E-state index contributed by atoms with van der Waals surface area (Å²) in [5.41, 5.74) is -0.953. The van der Waals surface area contributed by atoms with Crippen LogP contribution in [0.1, 0.15) is 20.8 Å². The van der Waals surface area contributed by atoms with Gasteiger partial charge in [0.05, 0.1) is 12.0 Å². The van der Waals surface area contributed by atoms with E-state index in [1.54, 1.807) is 6.92 Å². The van der Waals surface area contributed by atoms with Crippen LogP contribution >= 0.6 is 0 Å². The highest BCUT2D eigenvalue weighted by atomic mass is 16.5. The fourth-order valence-corrected chi connectivity index (χ4v) is 0.520. The minimum atomic E-state index is -0.953. The van der Waals surface area contributed by atoms with Crippen LogP contribution in [0.25, 0.3) is 0 Å². The largest absolute Gasteiger partial charge is 0.465 e. The summed E-state index contributed by atoms with van der Waals surface area (Å²) in [4.78, 5) is 21.4. The number of esters is 1. The van der Waals surface area contributed by atoms with Crippen molar-refractivity contribution >= 4 is 11.8 Å². The SMILES string of the molecule is CC(=O)OCC(C)(CO)C(C)=O. The molecule has 0 fully saturated rings. The van der Waals surface area contributed by atoms with Gasteiger partial charge in [0, 0.05) is 6.92 Å². The Morgan fingerprint density at radius 1 is 1.42 bits per heavy atom. The number of hydrogen-bond acceptors (Lipinski definition) is 4. The van der Waals surface area contributed by atoms with Gasteiger partial charge in [-0.15, -0.1) is 0 Å². The van der Waals surface area contributed by atoms with Gasteiger partial charge in [-0.05, 0) is 13.8 Å². The minimum absolute atomic E-state index is 0.0613. The molecule has 0 aromatic carbocycles. The van der Waals surface area contributed by atoms with E-state index in [1.165, 1.54) is 13.8 Å². The molecule has 4 nitrogen and oxygen atoms in total. The lowest BCUT2D eigenvalue weighted by Gasteiger charge is -2.22. The number of Topliss-reactive ketones (excluding diaryl/α,β-unsaturated/α-hetero) is 1. The highest BCUT2D eigenvalue weighted by Crippen LogP contribution is 2.16. The summed E-state index contributed by atoms with van der Waals surface area (Å²) in [5, 5.41) is 8.86. The fraction of sp³-hybridized carbons (Fsp3) is 0.750. The summed E-state index contributed by atoms with van der Waals surface area (Å²) in [7, 11) is 0. The predicted octanol–water partition coefficient (Wildman–Crippen LogP) is 0.137. The first-order valence-electron chi connectivity index (χ1n) is 3.67. The monoisotopic (exact) mass is 174 g/mol. The molecule has 0 aromatic heterocycles. The van der Waals surface area contributed by atoms with Crippen molar-refractivity contribution in [3.63, 3.8) is 0 Å². The summed E-state index contributed by atoms with van der Waals surface area (Å²) in [6, 6.07) is 0. The van der Waals surface area contributed by atoms with Crippen molar-refractivity contribution in [3.05, 3.63) is 0 Å². The van der Waals surface area contributed by atoms with Crippen LogP contribution in [0.4, 0.5) is 0 Å². The number of ketones is 1. The van der Waals surface area contributed by atoms with Gasteiger partial charge in [-0.3, -0.25) is 9.59 Å². The van der Waals surface area contributed by atoms with E-state index in [0.717, 1.165) is 0 Å². The quantitative estimate of drug-likeness (QED) is 0.615. The van der Waals surface area contributed by atoms with Gasteiger partial charge in [0.1, 0.15) is 12.4 Å². The normalized spacial score (nSPS) is 15.0. The number of aliphatic hydroxyl groups is 1. The molecular weight excluding hydrogens is 160 g/mol. The molecule has 0 saturated heterocycles. The van der Waals surface area contributed by atoms with Gasteiger partial charge in [0.2, 0.25) is 0 Å². The van der Waals surface area contributed by atoms with E-state index in [2.05, 4.69) is 4.74 Å². The van der Waals surface area contributed by atoms with Crippen molar-refractivity contribution in [2.45, 2.75) is 20.8 Å². The van der Waals surface area contributed by atoms with Gasteiger partial charge >= 0.3 is 5.97 Å². The van der Waals surface area contributed by atoms with Crippen molar-refractivity contribution in [1.82, 2.24) is 0 Å². The Balaban J connectivity index is 4.15. The van der Waals surface area contributed by atoms with Crippen LogP contribution in [0.2, 0.25) is 0 Å². The van der Waals surface area contributed by atoms with E-state index in [-0.39, 0.29) is 19.0 Å². The van der Waals surface area contributed by atoms with E-state index in [9.17, 15) is 9.59 Å². The van der Waals surface area contributed by atoms with Crippen LogP contribution in [0.5, 0.6) is 0 Å². The van der Waals surface area contributed by atoms with Crippen LogP contribution in [0, 0.1) is 5.41 Å². The van der Waals surface area contributed by atoms with Gasteiger partial charge in [-0.2, -0.15) is 0 Å². The fourth-order valence-electron chi connectivity index (χ4n) is 0.520. The standard InChI is InChI=1S/C8H14O4/c1-6(10)8(3,4-9)5-12-7(2)11/h9H,4-5H2,1-3H3. The third-order valence-electron chi connectivity index (χ3n) is 1.79. The Morgan fingerprint density at radius 3 is 2.17 bits per heavy atom. The van der Waals surface area contributed by atoms with E-state index in [4.69, 9.17) is 5.11 Å². The summed E-state index contributed by atoms with van der Waals surface area (Å²) < 4.78 is 4.64. The Hall–Kier alpha value is -0.900. The third-order valence-corrected chi connectivity index (χ3v) is 1.79. The smallest absolute Gasteiger partial charge is 0.302 e. The molecule has 0 spiro atoms. The average Bonchev–Trinajstić information content (AvgIpc) is 1.99. The first kappa shape index (κ1) is 11.1. The van der Waals surface area contributed by atoms with Crippen LogP contribution in [0.3, 0.4) is 0 Å². The molecule has 0 heterocycles. The molecule has 0 aliphatic heterocycles. The topological polar surface area (TPSA) is 63.6 Å². The Labute approximate surface area is 71.5 Å². The van der Waals surface area contributed by atoms with Crippen LogP contribution in [-0.4, -0.2) is 30.1 Å². The first-order chi connectivity index (χ1) is 5.42. The Bertz CT molecular complexity index is 187. The maximum atomic E-state index is 11.0. The number of aliphatic hydroxyl groups excluding tert-OH is 1. The van der Waals surface area contributed by atoms with E-state index in [1.807, 2.05) is 0 Å². The second-order valence-electron chi connectivity index (χ2n) is 3.06. The molecular formula is C8H14O4. The summed E-state index contributed by atoms with van der Waals surface area (Å²) in [6.07, 6.45) is 0. The van der Waals surface area contributed by atoms with Gasteiger partial charge < -0.3 is 9.84 Å². The molecule has 0 aliphatic rings. The average molecular weight is 174 g/mol. The zero-order chi connectivity index (χ0) is 9.78. The maximum Gasteiger partial charge on any atom is 0.302 e. The molecule has 0 amide bonds. The van der Waals surface area contributed by atoms with Crippen molar-refractivity contribution in [3.8, 4) is 0 Å². The zero-order valence-electron chi connectivity index (χ0n) is 7.59. The summed E-state index contributed by atoms with van der Waals surface area (Å²) >= 11 is 0. The van der Waals surface area contributed by atoms with E-state index < -0.39 is 11.4 Å². The molecule has 0 aromatic rings. The number of carbonyl (C=O) groups excluding carboxylic acids is 2. The Morgan fingerprint density at radius 2 is 1.92 bits per heavy atom. The molecule has 0 saturated carbocycles.